The SMILES string of the molecule is O=C(O)CC1CCC(=O)C(Sc2ccccc2Cl)C1. The van der Waals surface area contributed by atoms with Gasteiger partial charge in [0, 0.05) is 17.7 Å². The highest BCUT2D eigenvalue weighted by atomic mass is 35.5. The van der Waals surface area contributed by atoms with Gasteiger partial charge in [0.05, 0.1) is 10.3 Å². The predicted molar refractivity (Wildman–Crippen MR) is 75.7 cm³/mol. The first-order valence-corrected chi connectivity index (χ1v) is 7.47. The third kappa shape index (κ3) is 3.98. The summed E-state index contributed by atoms with van der Waals surface area (Å²) in [6.45, 7) is 0. The van der Waals surface area contributed by atoms with Crippen LogP contribution in [0.25, 0.3) is 0 Å². The lowest BCUT2D eigenvalue weighted by Crippen LogP contribution is -2.28. The standard InChI is InChI=1S/C14H15ClO3S/c15-10-3-1-2-4-12(10)19-13-7-9(8-14(17)18)5-6-11(13)16/h1-4,9,13H,5-8H2,(H,17,18). The number of carbonyl (C=O) groups is 2. The first-order valence-electron chi connectivity index (χ1n) is 6.22. The molecule has 1 aliphatic carbocycles. The Labute approximate surface area is 121 Å². The molecule has 1 aromatic rings. The van der Waals surface area contributed by atoms with Crippen LogP contribution in [0.15, 0.2) is 29.2 Å². The number of halogens is 1. The maximum Gasteiger partial charge on any atom is 0.303 e. The molecule has 0 bridgehead atoms. The molecule has 1 aromatic carbocycles. The summed E-state index contributed by atoms with van der Waals surface area (Å²) in [6.07, 6.45) is 1.93. The Morgan fingerprint density at radius 2 is 2.16 bits per heavy atom. The summed E-state index contributed by atoms with van der Waals surface area (Å²) >= 11 is 7.54. The van der Waals surface area contributed by atoms with Gasteiger partial charge in [0.1, 0.15) is 5.78 Å². The number of hydrogen-bond acceptors (Lipinski definition) is 3. The van der Waals surface area contributed by atoms with Gasteiger partial charge in [0.25, 0.3) is 0 Å². The van der Waals surface area contributed by atoms with Crippen molar-refractivity contribution in [2.75, 3.05) is 0 Å². The summed E-state index contributed by atoms with van der Waals surface area (Å²) in [5.41, 5.74) is 0. The molecule has 19 heavy (non-hydrogen) atoms. The van der Waals surface area contributed by atoms with Crippen molar-refractivity contribution in [1.82, 2.24) is 0 Å². The number of benzene rings is 1. The summed E-state index contributed by atoms with van der Waals surface area (Å²) in [4.78, 5) is 23.6. The number of Topliss-reactive ketones (excluding diaryl/α,β-unsaturated/α-hetero) is 1. The number of ketones is 1. The van der Waals surface area contributed by atoms with Crippen molar-refractivity contribution in [1.29, 1.82) is 0 Å². The predicted octanol–water partition coefficient (Wildman–Crippen LogP) is 3.64. The van der Waals surface area contributed by atoms with E-state index in [1.54, 1.807) is 6.07 Å². The molecule has 102 valence electrons. The van der Waals surface area contributed by atoms with E-state index >= 15 is 0 Å². The average Bonchev–Trinajstić information content (AvgIpc) is 2.35. The Morgan fingerprint density at radius 3 is 2.84 bits per heavy atom. The molecule has 0 spiro atoms. The smallest absolute Gasteiger partial charge is 0.303 e. The zero-order valence-corrected chi connectivity index (χ0v) is 11.9. The molecule has 1 N–H and O–H groups in total. The third-order valence-electron chi connectivity index (χ3n) is 3.27. The van der Waals surface area contributed by atoms with Crippen LogP contribution in [0.3, 0.4) is 0 Å². The molecule has 2 rings (SSSR count). The summed E-state index contributed by atoms with van der Waals surface area (Å²) in [5, 5.41) is 9.31. The minimum atomic E-state index is -0.791. The van der Waals surface area contributed by atoms with Crippen LogP contribution in [0.2, 0.25) is 5.02 Å². The van der Waals surface area contributed by atoms with E-state index in [-0.39, 0.29) is 23.4 Å². The fourth-order valence-electron chi connectivity index (χ4n) is 2.30. The lowest BCUT2D eigenvalue weighted by Gasteiger charge is -2.26. The first kappa shape index (κ1) is 14.4. The number of hydrogen-bond donors (Lipinski definition) is 1. The van der Waals surface area contributed by atoms with Crippen LogP contribution < -0.4 is 0 Å². The largest absolute Gasteiger partial charge is 0.481 e. The van der Waals surface area contributed by atoms with Crippen LogP contribution in [0.5, 0.6) is 0 Å². The third-order valence-corrected chi connectivity index (χ3v) is 5.07. The molecule has 2 atom stereocenters. The Balaban J connectivity index is 2.03. The minimum Gasteiger partial charge on any atom is -0.481 e. The van der Waals surface area contributed by atoms with Gasteiger partial charge in [-0.15, -0.1) is 11.8 Å². The molecule has 5 heteroatoms. The second-order valence-corrected chi connectivity index (χ2v) is 6.39. The highest BCUT2D eigenvalue weighted by Crippen LogP contribution is 2.38. The Bertz CT molecular complexity index is 489. The van der Waals surface area contributed by atoms with Crippen LogP contribution in [-0.2, 0) is 9.59 Å². The number of thioether (sulfide) groups is 1. The second kappa shape index (κ2) is 6.44. The topological polar surface area (TPSA) is 54.4 Å². The van der Waals surface area contributed by atoms with Crippen molar-refractivity contribution in [2.45, 2.75) is 35.8 Å². The van der Waals surface area contributed by atoms with E-state index in [0.717, 1.165) is 4.90 Å². The van der Waals surface area contributed by atoms with Crippen LogP contribution in [-0.4, -0.2) is 22.1 Å². The van der Waals surface area contributed by atoms with Crippen molar-refractivity contribution in [3.05, 3.63) is 29.3 Å². The number of aliphatic carboxylic acids is 1. The second-order valence-electron chi connectivity index (χ2n) is 4.74. The molecule has 0 amide bonds. The molecule has 2 unspecified atom stereocenters. The number of carboxylic acid groups (broad SMARTS) is 1. The minimum absolute atomic E-state index is 0.0928. The monoisotopic (exact) mass is 298 g/mol. The lowest BCUT2D eigenvalue weighted by molar-refractivity contribution is -0.139. The zero-order chi connectivity index (χ0) is 13.8. The Hall–Kier alpha value is -1.00. The van der Waals surface area contributed by atoms with Crippen LogP contribution in [0.1, 0.15) is 25.7 Å². The molecular weight excluding hydrogens is 284 g/mol. The highest BCUT2D eigenvalue weighted by molar-refractivity contribution is 8.00. The quantitative estimate of drug-likeness (QED) is 0.922. The summed E-state index contributed by atoms with van der Waals surface area (Å²) in [5.74, 6) is -0.498. The van der Waals surface area contributed by atoms with Crippen molar-refractivity contribution in [3.8, 4) is 0 Å². The van der Waals surface area contributed by atoms with E-state index in [2.05, 4.69) is 0 Å². The van der Waals surface area contributed by atoms with Gasteiger partial charge in [-0.2, -0.15) is 0 Å². The summed E-state index contributed by atoms with van der Waals surface area (Å²) in [7, 11) is 0. The summed E-state index contributed by atoms with van der Waals surface area (Å²) in [6, 6.07) is 7.42. The van der Waals surface area contributed by atoms with Crippen molar-refractivity contribution >= 4 is 35.1 Å². The molecule has 3 nitrogen and oxygen atoms in total. The molecule has 1 saturated carbocycles. The van der Waals surface area contributed by atoms with Gasteiger partial charge in [-0.05, 0) is 30.9 Å². The molecule has 0 aliphatic heterocycles. The Morgan fingerprint density at radius 1 is 1.42 bits per heavy atom. The molecule has 0 radical (unpaired) electrons. The Kier molecular flexibility index (Phi) is 4.88. The maximum atomic E-state index is 11.9. The zero-order valence-electron chi connectivity index (χ0n) is 10.3. The van der Waals surface area contributed by atoms with Gasteiger partial charge >= 0.3 is 5.97 Å². The molecule has 1 aliphatic rings. The van der Waals surface area contributed by atoms with E-state index in [1.165, 1.54) is 11.8 Å². The van der Waals surface area contributed by atoms with Gasteiger partial charge in [-0.3, -0.25) is 9.59 Å². The average molecular weight is 299 g/mol. The summed E-state index contributed by atoms with van der Waals surface area (Å²) < 4.78 is 0. The van der Waals surface area contributed by atoms with Crippen LogP contribution in [0, 0.1) is 5.92 Å². The number of carbonyl (C=O) groups excluding carboxylic acids is 1. The van der Waals surface area contributed by atoms with E-state index in [1.807, 2.05) is 18.2 Å². The number of rotatable bonds is 4. The van der Waals surface area contributed by atoms with Gasteiger partial charge < -0.3 is 5.11 Å². The van der Waals surface area contributed by atoms with Gasteiger partial charge in [0.15, 0.2) is 0 Å². The molecule has 0 heterocycles. The molecule has 0 saturated heterocycles. The van der Waals surface area contributed by atoms with Crippen molar-refractivity contribution < 1.29 is 14.7 Å². The number of carboxylic acids is 1. The van der Waals surface area contributed by atoms with E-state index in [0.29, 0.717) is 24.3 Å². The van der Waals surface area contributed by atoms with Gasteiger partial charge in [0.2, 0.25) is 0 Å². The molecule has 1 fully saturated rings. The first-order chi connectivity index (χ1) is 9.06. The fraction of sp³-hybridized carbons (Fsp3) is 0.429. The van der Waals surface area contributed by atoms with Gasteiger partial charge in [-0.1, -0.05) is 23.7 Å². The molecule has 0 aromatic heterocycles. The van der Waals surface area contributed by atoms with E-state index < -0.39 is 5.97 Å². The van der Waals surface area contributed by atoms with Crippen molar-refractivity contribution in [2.24, 2.45) is 5.92 Å². The normalized spacial score (nSPS) is 23.3. The van der Waals surface area contributed by atoms with E-state index in [9.17, 15) is 9.59 Å². The maximum absolute atomic E-state index is 11.9. The van der Waals surface area contributed by atoms with Gasteiger partial charge in [-0.25, -0.2) is 0 Å². The highest BCUT2D eigenvalue weighted by Gasteiger charge is 2.30. The molecular formula is C14H15ClO3S. The van der Waals surface area contributed by atoms with Crippen LogP contribution >= 0.6 is 23.4 Å². The van der Waals surface area contributed by atoms with Crippen molar-refractivity contribution in [3.63, 3.8) is 0 Å². The fourth-order valence-corrected chi connectivity index (χ4v) is 3.83. The van der Waals surface area contributed by atoms with E-state index in [4.69, 9.17) is 16.7 Å². The van der Waals surface area contributed by atoms with Crippen LogP contribution in [0.4, 0.5) is 0 Å². The lowest BCUT2D eigenvalue weighted by atomic mass is 9.86.